The summed E-state index contributed by atoms with van der Waals surface area (Å²) in [6.07, 6.45) is -2.62. The number of aromatic nitrogens is 1. The summed E-state index contributed by atoms with van der Waals surface area (Å²) in [7, 11) is -5.55. The Kier molecular flexibility index (Phi) is 7.43. The van der Waals surface area contributed by atoms with Crippen molar-refractivity contribution in [2.24, 2.45) is 0 Å². The third-order valence-electron chi connectivity index (χ3n) is 5.80. The number of ether oxygens (including phenoxy) is 1. The van der Waals surface area contributed by atoms with Crippen molar-refractivity contribution in [3.05, 3.63) is 60.3 Å². The number of hydrogen-bond donors (Lipinski definition) is 2. The molecule has 2 aromatic carbocycles. The van der Waals surface area contributed by atoms with E-state index in [1.54, 1.807) is 18.2 Å². The quantitative estimate of drug-likeness (QED) is 0.397. The van der Waals surface area contributed by atoms with Gasteiger partial charge in [-0.15, -0.1) is 13.2 Å². The second kappa shape index (κ2) is 10.3. The lowest BCUT2D eigenvalue weighted by Crippen LogP contribution is -2.46. The van der Waals surface area contributed by atoms with E-state index in [2.05, 4.69) is 15.0 Å². The highest BCUT2D eigenvalue weighted by atomic mass is 32.2. The van der Waals surface area contributed by atoms with Gasteiger partial charge in [-0.2, -0.15) is 13.2 Å². The number of carbonyl (C=O) groups excluding carboxylic acids is 1. The molecule has 1 saturated heterocycles. The zero-order valence-electron chi connectivity index (χ0n) is 19.3. The predicted octanol–water partition coefficient (Wildman–Crippen LogP) is 4.92. The lowest BCUT2D eigenvalue weighted by Gasteiger charge is -2.25. The fraction of sp³-hybridized carbons (Fsp3) is 0.304. The molecule has 0 saturated carbocycles. The molecule has 8 nitrogen and oxygen atoms in total. The van der Waals surface area contributed by atoms with Crippen molar-refractivity contribution in [2.75, 3.05) is 18.4 Å². The normalized spacial score (nSPS) is 16.6. The van der Waals surface area contributed by atoms with E-state index in [0.717, 1.165) is 12.1 Å². The molecular formula is C23H20F6N4O4S. The third-order valence-corrected chi connectivity index (χ3v) is 6.96. The third kappa shape index (κ3) is 6.27. The van der Waals surface area contributed by atoms with Gasteiger partial charge in [-0.3, -0.25) is 9.78 Å². The largest absolute Gasteiger partial charge is 0.573 e. The number of hydrogen-bond acceptors (Lipinski definition) is 6. The Balaban J connectivity index is 1.54. The van der Waals surface area contributed by atoms with Crippen LogP contribution < -0.4 is 14.8 Å². The number of alkyl halides is 6. The van der Waals surface area contributed by atoms with E-state index >= 15 is 0 Å². The minimum atomic E-state index is -5.55. The maximum atomic E-state index is 13.4. The number of likely N-dealkylation sites (tertiary alicyclic amines) is 1. The zero-order chi connectivity index (χ0) is 27.7. The summed E-state index contributed by atoms with van der Waals surface area (Å²) in [5.74, 6) is -0.895. The fourth-order valence-electron chi connectivity index (χ4n) is 4.07. The van der Waals surface area contributed by atoms with E-state index in [9.17, 15) is 39.6 Å². The summed E-state index contributed by atoms with van der Waals surface area (Å²) in [6, 6.07) is 10.6. The molecule has 1 aliphatic heterocycles. The lowest BCUT2D eigenvalue weighted by atomic mass is 10.1. The molecule has 1 amide bonds. The Bertz CT molecular complexity index is 1430. The van der Waals surface area contributed by atoms with Gasteiger partial charge >= 0.3 is 21.9 Å². The Morgan fingerprint density at radius 2 is 1.71 bits per heavy atom. The van der Waals surface area contributed by atoms with E-state index in [4.69, 9.17) is 0 Å². The summed E-state index contributed by atoms with van der Waals surface area (Å²) < 4.78 is 103. The number of fused-ring (bicyclic) bond motifs is 1. The number of rotatable bonds is 7. The molecule has 0 spiro atoms. The number of halogens is 6. The van der Waals surface area contributed by atoms with Crippen molar-refractivity contribution in [3.8, 4) is 5.75 Å². The van der Waals surface area contributed by atoms with Crippen LogP contribution in [0.3, 0.4) is 0 Å². The molecule has 3 aromatic rings. The van der Waals surface area contributed by atoms with Crippen molar-refractivity contribution in [2.45, 2.75) is 30.8 Å². The molecular weight excluding hydrogens is 542 g/mol. The van der Waals surface area contributed by atoms with Crippen LogP contribution in [0.2, 0.25) is 0 Å². The number of nitrogens with zero attached hydrogens (tertiary/aromatic N) is 2. The van der Waals surface area contributed by atoms with Crippen LogP contribution in [0.1, 0.15) is 23.2 Å². The monoisotopic (exact) mass is 562 g/mol. The van der Waals surface area contributed by atoms with Crippen molar-refractivity contribution < 1.29 is 44.3 Å². The first-order chi connectivity index (χ1) is 17.7. The number of sulfonamides is 1. The van der Waals surface area contributed by atoms with E-state index in [0.29, 0.717) is 35.1 Å². The van der Waals surface area contributed by atoms with E-state index < -0.39 is 46.1 Å². The molecule has 1 atom stereocenters. The summed E-state index contributed by atoms with van der Waals surface area (Å²) in [4.78, 5) is 18.9. The van der Waals surface area contributed by atoms with Crippen LogP contribution in [0.25, 0.3) is 10.9 Å². The minimum Gasteiger partial charge on any atom is -0.406 e. The van der Waals surface area contributed by atoms with E-state index in [1.807, 2.05) is 0 Å². The number of pyridine rings is 1. The Morgan fingerprint density at radius 3 is 2.37 bits per heavy atom. The maximum Gasteiger partial charge on any atom is 0.573 e. The lowest BCUT2D eigenvalue weighted by molar-refractivity contribution is -0.274. The molecule has 1 unspecified atom stereocenters. The smallest absolute Gasteiger partial charge is 0.406 e. The first kappa shape index (κ1) is 27.4. The summed E-state index contributed by atoms with van der Waals surface area (Å²) in [5, 5.41) is 3.43. The first-order valence-corrected chi connectivity index (χ1v) is 12.6. The van der Waals surface area contributed by atoms with Crippen LogP contribution in [0.4, 0.5) is 37.7 Å². The molecule has 0 radical (unpaired) electrons. The average Bonchev–Trinajstić information content (AvgIpc) is 3.30. The standard InChI is InChI=1S/C23H20F6N4O4S/c24-22(25,26)37-17-6-3-14(4-7-17)32-15-5-8-20-19(12-15)18(9-10-30-20)21(34)33-11-1-2-16(33)13-31-38(35,36)23(27,28)29/h3-10,12,16,31-32H,1-2,11,13H2. The highest BCUT2D eigenvalue weighted by molar-refractivity contribution is 7.90. The molecule has 1 fully saturated rings. The number of benzene rings is 2. The topological polar surface area (TPSA) is 101 Å². The van der Waals surface area contributed by atoms with Crippen molar-refractivity contribution in [1.29, 1.82) is 0 Å². The molecule has 2 heterocycles. The predicted molar refractivity (Wildman–Crippen MR) is 125 cm³/mol. The van der Waals surface area contributed by atoms with Crippen molar-refractivity contribution in [3.63, 3.8) is 0 Å². The van der Waals surface area contributed by atoms with Crippen LogP contribution in [-0.2, 0) is 10.0 Å². The van der Waals surface area contributed by atoms with Gasteiger partial charge in [-0.05, 0) is 61.4 Å². The van der Waals surface area contributed by atoms with E-state index in [1.165, 1.54) is 34.0 Å². The number of anilines is 2. The summed E-state index contributed by atoms with van der Waals surface area (Å²) in [6.45, 7) is -0.358. The fourth-order valence-corrected chi connectivity index (χ4v) is 4.65. The Hall–Kier alpha value is -3.59. The molecule has 2 N–H and O–H groups in total. The molecule has 38 heavy (non-hydrogen) atoms. The molecule has 204 valence electrons. The van der Waals surface area contributed by atoms with Crippen LogP contribution in [0.5, 0.6) is 5.75 Å². The molecule has 15 heteroatoms. The Labute approximate surface area is 212 Å². The molecule has 0 bridgehead atoms. The average molecular weight is 562 g/mol. The van der Waals surface area contributed by atoms with Gasteiger partial charge in [-0.1, -0.05) is 0 Å². The van der Waals surface area contributed by atoms with Gasteiger partial charge in [0.05, 0.1) is 11.1 Å². The van der Waals surface area contributed by atoms with Gasteiger partial charge in [0.25, 0.3) is 5.91 Å². The Morgan fingerprint density at radius 1 is 1.03 bits per heavy atom. The second-order valence-corrected chi connectivity index (χ2v) is 10.1. The maximum absolute atomic E-state index is 13.4. The molecule has 1 aromatic heterocycles. The van der Waals surface area contributed by atoms with Crippen LogP contribution >= 0.6 is 0 Å². The second-order valence-electron chi connectivity index (χ2n) is 8.38. The number of amides is 1. The van der Waals surface area contributed by atoms with Crippen LogP contribution in [-0.4, -0.2) is 55.2 Å². The highest BCUT2D eigenvalue weighted by Crippen LogP contribution is 2.29. The highest BCUT2D eigenvalue weighted by Gasteiger charge is 2.46. The summed E-state index contributed by atoms with van der Waals surface area (Å²) in [5.41, 5.74) is -3.88. The molecule has 4 rings (SSSR count). The van der Waals surface area contributed by atoms with Gasteiger partial charge in [0.1, 0.15) is 5.75 Å². The number of carbonyl (C=O) groups is 1. The van der Waals surface area contributed by atoms with Crippen LogP contribution in [0.15, 0.2) is 54.7 Å². The van der Waals surface area contributed by atoms with Gasteiger partial charge in [-0.25, -0.2) is 13.1 Å². The first-order valence-electron chi connectivity index (χ1n) is 11.1. The number of nitrogens with one attached hydrogen (secondary N) is 2. The minimum absolute atomic E-state index is 0.207. The van der Waals surface area contributed by atoms with Crippen LogP contribution in [0, 0.1) is 0 Å². The van der Waals surface area contributed by atoms with Gasteiger partial charge < -0.3 is 15.0 Å². The molecule has 1 aliphatic rings. The van der Waals surface area contributed by atoms with Crippen molar-refractivity contribution in [1.82, 2.24) is 14.6 Å². The van der Waals surface area contributed by atoms with Gasteiger partial charge in [0.2, 0.25) is 0 Å². The SMILES string of the molecule is O=C(c1ccnc2ccc(Nc3ccc(OC(F)(F)F)cc3)cc12)N1CCCC1CNS(=O)(=O)C(F)(F)F. The zero-order valence-corrected chi connectivity index (χ0v) is 20.1. The van der Waals surface area contributed by atoms with Crippen molar-refractivity contribution >= 4 is 38.2 Å². The van der Waals surface area contributed by atoms with E-state index in [-0.39, 0.29) is 12.1 Å². The molecule has 0 aliphatic carbocycles. The summed E-state index contributed by atoms with van der Waals surface area (Å²) >= 11 is 0. The van der Waals surface area contributed by atoms with Gasteiger partial charge in [0.15, 0.2) is 0 Å². The van der Waals surface area contributed by atoms with Gasteiger partial charge in [0, 0.05) is 42.1 Å².